The second-order valence-corrected chi connectivity index (χ2v) is 12.5. The summed E-state index contributed by atoms with van der Waals surface area (Å²) in [4.78, 5) is 29.6. The van der Waals surface area contributed by atoms with Crippen molar-refractivity contribution in [3.8, 4) is 0 Å². The van der Waals surface area contributed by atoms with Crippen molar-refractivity contribution in [1.29, 1.82) is 0 Å². The molecule has 0 unspecified atom stereocenters. The van der Waals surface area contributed by atoms with Crippen LogP contribution in [0.15, 0.2) is 87.2 Å². The van der Waals surface area contributed by atoms with Crippen LogP contribution in [0, 0.1) is 6.92 Å². The van der Waals surface area contributed by atoms with E-state index in [0.717, 1.165) is 21.2 Å². The number of carbonyl (C=O) groups is 1. The molecule has 2 aromatic heterocycles. The summed E-state index contributed by atoms with van der Waals surface area (Å²) in [5, 5.41) is 0.995. The van der Waals surface area contributed by atoms with E-state index in [-0.39, 0.29) is 21.6 Å². The molecule has 0 aliphatic carbocycles. The first-order valence-corrected chi connectivity index (χ1v) is 13.8. The summed E-state index contributed by atoms with van der Waals surface area (Å²) in [6.07, 6.45) is 2.84. The molecule has 0 fully saturated rings. The Morgan fingerprint density at radius 3 is 2.41 bits per heavy atom. The summed E-state index contributed by atoms with van der Waals surface area (Å²) in [7, 11) is -4.42. The fraction of sp³-hybridized carbons (Fsp3) is 0.179. The summed E-state index contributed by atoms with van der Waals surface area (Å²) in [5.74, 6) is -0.756. The number of aryl methyl sites for hydroxylation is 1. The van der Waals surface area contributed by atoms with E-state index in [0.29, 0.717) is 26.6 Å². The van der Waals surface area contributed by atoms with Crippen LogP contribution in [0.3, 0.4) is 0 Å². The van der Waals surface area contributed by atoms with Crippen LogP contribution in [0.25, 0.3) is 21.1 Å². The molecule has 188 valence electrons. The number of sulfonamides is 1. The predicted molar refractivity (Wildman–Crippen MR) is 146 cm³/mol. The van der Waals surface area contributed by atoms with E-state index in [9.17, 15) is 18.0 Å². The van der Waals surface area contributed by atoms with Crippen LogP contribution < -0.4 is 9.24 Å². The van der Waals surface area contributed by atoms with Crippen molar-refractivity contribution in [1.82, 2.24) is 4.98 Å². The minimum Gasteiger partial charge on any atom is -0.413 e. The maximum absolute atomic E-state index is 14.4. The molecule has 0 N–H and O–H groups in total. The van der Waals surface area contributed by atoms with Crippen LogP contribution in [-0.2, 0) is 15.4 Å². The molecule has 9 heteroatoms. The fourth-order valence-electron chi connectivity index (χ4n) is 4.25. The lowest BCUT2D eigenvalue weighted by Crippen LogP contribution is -2.37. The molecule has 5 aromatic rings. The number of hydrogen-bond donors (Lipinski definition) is 0. The molecule has 0 saturated carbocycles. The van der Waals surface area contributed by atoms with Gasteiger partial charge in [-0.1, -0.05) is 68.5 Å². The van der Waals surface area contributed by atoms with Crippen molar-refractivity contribution in [2.75, 3.05) is 4.31 Å². The lowest BCUT2D eigenvalue weighted by Gasteiger charge is -2.26. The predicted octanol–water partition coefficient (Wildman–Crippen LogP) is 6.04. The topological polar surface area (TPSA) is 97.5 Å². The van der Waals surface area contributed by atoms with E-state index in [1.54, 1.807) is 49.4 Å². The van der Waals surface area contributed by atoms with Crippen LogP contribution in [0.4, 0.5) is 5.69 Å². The number of benzene rings is 3. The third kappa shape index (κ3) is 4.34. The van der Waals surface area contributed by atoms with Gasteiger partial charge in [0.05, 0.1) is 20.8 Å². The van der Waals surface area contributed by atoms with Crippen LogP contribution >= 0.6 is 11.3 Å². The van der Waals surface area contributed by atoms with Crippen LogP contribution in [0.2, 0.25) is 0 Å². The van der Waals surface area contributed by atoms with Crippen molar-refractivity contribution in [2.45, 2.75) is 38.0 Å². The smallest absolute Gasteiger partial charge is 0.396 e. The van der Waals surface area contributed by atoms with Gasteiger partial charge < -0.3 is 4.42 Å². The molecule has 1 amide bonds. The molecule has 0 atom stereocenters. The van der Waals surface area contributed by atoms with Crippen molar-refractivity contribution in [2.24, 2.45) is 0 Å². The Kier molecular flexibility index (Phi) is 6.00. The molecule has 5 rings (SSSR count). The molecule has 7 nitrogen and oxygen atoms in total. The van der Waals surface area contributed by atoms with Crippen LogP contribution in [-0.4, -0.2) is 19.3 Å². The number of amides is 1. The second-order valence-electron chi connectivity index (χ2n) is 9.77. The molecule has 0 spiro atoms. The molecule has 0 bridgehead atoms. The van der Waals surface area contributed by atoms with Crippen molar-refractivity contribution < 1.29 is 17.6 Å². The summed E-state index contributed by atoms with van der Waals surface area (Å²) < 4.78 is 35.5. The van der Waals surface area contributed by atoms with E-state index in [4.69, 9.17) is 4.42 Å². The third-order valence-corrected chi connectivity index (χ3v) is 8.81. The molecule has 3 aromatic carbocycles. The average molecular weight is 533 g/mol. The third-order valence-electron chi connectivity index (χ3n) is 6.20. The standard InChI is InChI=1S/C28H24N2O5S2/c1-17-11-12-19(28(2,3)4)14-24(17)37(33,34)30(26(31)18-8-7-13-29-16-18)22-15-23-25(35-27(32)36-23)21-10-6-5-9-20(21)22/h5-16H,1-4H3. The summed E-state index contributed by atoms with van der Waals surface area (Å²) in [5.41, 5.74) is 1.61. The maximum Gasteiger partial charge on any atom is 0.396 e. The van der Waals surface area contributed by atoms with Gasteiger partial charge in [0.25, 0.3) is 15.9 Å². The van der Waals surface area contributed by atoms with Gasteiger partial charge in [-0.05, 0) is 47.7 Å². The zero-order chi connectivity index (χ0) is 26.5. The van der Waals surface area contributed by atoms with Crippen molar-refractivity contribution >= 4 is 54.0 Å². The monoisotopic (exact) mass is 532 g/mol. The Hall–Kier alpha value is -3.82. The Morgan fingerprint density at radius 1 is 1.00 bits per heavy atom. The number of anilines is 1. The minimum atomic E-state index is -4.42. The van der Waals surface area contributed by atoms with E-state index >= 15 is 0 Å². The van der Waals surface area contributed by atoms with Gasteiger partial charge in [0.15, 0.2) is 5.58 Å². The summed E-state index contributed by atoms with van der Waals surface area (Å²) in [6.45, 7) is 7.69. The number of aromatic nitrogens is 1. The van der Waals surface area contributed by atoms with Gasteiger partial charge in [0.2, 0.25) is 0 Å². The highest BCUT2D eigenvalue weighted by atomic mass is 32.2. The number of carbonyl (C=O) groups excluding carboxylic acids is 1. The van der Waals surface area contributed by atoms with Gasteiger partial charge in [0, 0.05) is 23.2 Å². The fourth-order valence-corrected chi connectivity index (χ4v) is 6.65. The highest BCUT2D eigenvalue weighted by molar-refractivity contribution is 7.93. The number of rotatable bonds is 4. The first-order valence-electron chi connectivity index (χ1n) is 11.5. The zero-order valence-electron chi connectivity index (χ0n) is 20.7. The quantitative estimate of drug-likeness (QED) is 0.280. The van der Waals surface area contributed by atoms with Gasteiger partial charge in [-0.3, -0.25) is 9.78 Å². The molecular weight excluding hydrogens is 508 g/mol. The molecule has 2 heterocycles. The first-order chi connectivity index (χ1) is 17.5. The number of pyridine rings is 1. The molecule has 0 aliphatic rings. The van der Waals surface area contributed by atoms with Gasteiger partial charge in [-0.25, -0.2) is 13.2 Å². The van der Waals surface area contributed by atoms with Gasteiger partial charge >= 0.3 is 4.94 Å². The largest absolute Gasteiger partial charge is 0.413 e. The highest BCUT2D eigenvalue weighted by Crippen LogP contribution is 2.39. The zero-order valence-corrected chi connectivity index (χ0v) is 22.3. The summed E-state index contributed by atoms with van der Waals surface area (Å²) in [6, 6.07) is 16.9. The van der Waals surface area contributed by atoms with E-state index in [1.165, 1.54) is 24.5 Å². The Balaban J connectivity index is 1.86. The first kappa shape index (κ1) is 24.9. The van der Waals surface area contributed by atoms with Crippen LogP contribution in [0.5, 0.6) is 0 Å². The lowest BCUT2D eigenvalue weighted by atomic mass is 9.87. The van der Waals surface area contributed by atoms with Crippen LogP contribution in [0.1, 0.15) is 42.3 Å². The summed E-state index contributed by atoms with van der Waals surface area (Å²) >= 11 is 0.854. The molecule has 0 saturated heterocycles. The number of fused-ring (bicyclic) bond motifs is 3. The molecule has 0 aliphatic heterocycles. The molecular formula is C28H24N2O5S2. The van der Waals surface area contributed by atoms with Crippen molar-refractivity contribution in [3.63, 3.8) is 0 Å². The molecule has 37 heavy (non-hydrogen) atoms. The van der Waals surface area contributed by atoms with Gasteiger partial charge in [0.1, 0.15) is 0 Å². The number of nitrogens with zero attached hydrogens (tertiary/aromatic N) is 2. The van der Waals surface area contributed by atoms with Gasteiger partial charge in [-0.2, -0.15) is 4.31 Å². The SMILES string of the molecule is Cc1ccc(C(C)(C)C)cc1S(=O)(=O)N(C(=O)c1cccnc1)c1cc2sc(=O)oc2c2ccccc12. The van der Waals surface area contributed by atoms with Crippen molar-refractivity contribution in [3.05, 3.63) is 99.5 Å². The van der Waals surface area contributed by atoms with E-state index < -0.39 is 20.9 Å². The Bertz CT molecular complexity index is 1830. The lowest BCUT2D eigenvalue weighted by molar-refractivity contribution is 0.100. The number of hydrogen-bond acceptors (Lipinski definition) is 7. The van der Waals surface area contributed by atoms with E-state index in [2.05, 4.69) is 4.98 Å². The molecule has 0 radical (unpaired) electrons. The minimum absolute atomic E-state index is 0.0294. The van der Waals surface area contributed by atoms with E-state index in [1.807, 2.05) is 26.8 Å². The Morgan fingerprint density at radius 2 is 1.73 bits per heavy atom. The average Bonchev–Trinajstić information content (AvgIpc) is 3.24. The Labute approximate surface area is 218 Å². The van der Waals surface area contributed by atoms with Gasteiger partial charge in [-0.15, -0.1) is 0 Å². The normalized spacial score (nSPS) is 12.2. The highest BCUT2D eigenvalue weighted by Gasteiger charge is 2.35. The maximum atomic E-state index is 14.4. The second kappa shape index (κ2) is 8.93.